The van der Waals surface area contributed by atoms with Crippen LogP contribution in [0.4, 0.5) is 14.9 Å². The van der Waals surface area contributed by atoms with Crippen LogP contribution in [0.2, 0.25) is 0 Å². The van der Waals surface area contributed by atoms with Crippen LogP contribution in [-0.4, -0.2) is 52.8 Å². The van der Waals surface area contributed by atoms with Crippen molar-refractivity contribution in [3.05, 3.63) is 75.3 Å². The second-order valence-corrected chi connectivity index (χ2v) is 8.30. The van der Waals surface area contributed by atoms with Crippen molar-refractivity contribution in [3.63, 3.8) is 0 Å². The molecule has 0 unspecified atom stereocenters. The van der Waals surface area contributed by atoms with Gasteiger partial charge in [0.05, 0.1) is 11.2 Å². The van der Waals surface area contributed by atoms with Crippen molar-refractivity contribution in [2.75, 3.05) is 31.1 Å². The Morgan fingerprint density at radius 3 is 2.38 bits per heavy atom. The minimum Gasteiger partial charge on any atom is -0.477 e. The smallest absolute Gasteiger partial charge is 0.410 e. The Kier molecular flexibility index (Phi) is 6.54. The summed E-state index contributed by atoms with van der Waals surface area (Å²) in [5.74, 6) is -1.95. The molecule has 0 aliphatic carbocycles. The molecule has 8 nitrogen and oxygen atoms in total. The van der Waals surface area contributed by atoms with Crippen molar-refractivity contribution >= 4 is 28.7 Å². The Labute approximate surface area is 195 Å². The van der Waals surface area contributed by atoms with Crippen LogP contribution in [0.5, 0.6) is 0 Å². The number of carboxylic acid groups (broad SMARTS) is 1. The van der Waals surface area contributed by atoms with Gasteiger partial charge < -0.3 is 24.2 Å². The normalized spacial score (nSPS) is 13.9. The zero-order valence-electron chi connectivity index (χ0n) is 19.1. The van der Waals surface area contributed by atoms with E-state index in [1.54, 1.807) is 15.5 Å². The Morgan fingerprint density at radius 1 is 1.09 bits per heavy atom. The number of halogens is 1. The molecule has 1 aromatic heterocycles. The number of aryl methyl sites for hydroxylation is 2. The van der Waals surface area contributed by atoms with Gasteiger partial charge in [0, 0.05) is 44.3 Å². The van der Waals surface area contributed by atoms with Gasteiger partial charge in [-0.3, -0.25) is 4.79 Å². The zero-order valence-corrected chi connectivity index (χ0v) is 19.1. The summed E-state index contributed by atoms with van der Waals surface area (Å²) in [5, 5.41) is 9.33. The van der Waals surface area contributed by atoms with Crippen LogP contribution in [0.15, 0.2) is 47.4 Å². The number of benzene rings is 2. The third-order valence-electron chi connectivity index (χ3n) is 6.08. The third-order valence-corrected chi connectivity index (χ3v) is 6.08. The van der Waals surface area contributed by atoms with E-state index in [4.69, 9.17) is 4.74 Å². The van der Waals surface area contributed by atoms with Gasteiger partial charge >= 0.3 is 12.1 Å². The number of carbonyl (C=O) groups excluding carboxylic acids is 1. The molecule has 34 heavy (non-hydrogen) atoms. The summed E-state index contributed by atoms with van der Waals surface area (Å²) in [7, 11) is 0. The zero-order chi connectivity index (χ0) is 24.4. The number of carboxylic acids is 1. The third kappa shape index (κ3) is 4.59. The van der Waals surface area contributed by atoms with Gasteiger partial charge in [0.1, 0.15) is 18.0 Å². The first-order valence-electron chi connectivity index (χ1n) is 11.1. The Morgan fingerprint density at radius 2 is 1.76 bits per heavy atom. The van der Waals surface area contributed by atoms with Gasteiger partial charge in [-0.1, -0.05) is 29.8 Å². The molecule has 0 saturated carbocycles. The number of ether oxygens (including phenoxy) is 1. The van der Waals surface area contributed by atoms with Crippen molar-refractivity contribution in [2.24, 2.45) is 0 Å². The van der Waals surface area contributed by atoms with E-state index in [9.17, 15) is 19.5 Å². The molecule has 9 heteroatoms. The highest BCUT2D eigenvalue weighted by Crippen LogP contribution is 2.26. The van der Waals surface area contributed by atoms with Gasteiger partial charge in [-0.05, 0) is 31.5 Å². The Hall–Kier alpha value is -3.88. The molecule has 1 N–H and O–H groups in total. The summed E-state index contributed by atoms with van der Waals surface area (Å²) in [4.78, 5) is 39.8. The number of hydrogen-bond acceptors (Lipinski definition) is 5. The molecule has 1 aliphatic heterocycles. The van der Waals surface area contributed by atoms with Crippen LogP contribution in [0.3, 0.4) is 0 Å². The monoisotopic (exact) mass is 467 g/mol. The van der Waals surface area contributed by atoms with E-state index in [-0.39, 0.29) is 17.6 Å². The molecule has 178 valence electrons. The predicted octanol–water partition coefficient (Wildman–Crippen LogP) is 3.63. The van der Waals surface area contributed by atoms with E-state index >= 15 is 4.39 Å². The number of nitrogens with zero attached hydrogens (tertiary/aromatic N) is 3. The molecule has 4 rings (SSSR count). The molecule has 1 saturated heterocycles. The number of hydrogen-bond donors (Lipinski definition) is 1. The first kappa shape index (κ1) is 23.3. The molecule has 0 spiro atoms. The Balaban J connectivity index is 1.48. The molecular formula is C25H26FN3O5. The fourth-order valence-electron chi connectivity index (χ4n) is 4.11. The highest BCUT2D eigenvalue weighted by atomic mass is 19.1. The summed E-state index contributed by atoms with van der Waals surface area (Å²) in [6.07, 6.45) is 0.872. The molecule has 2 heterocycles. The number of amides is 1. The van der Waals surface area contributed by atoms with Gasteiger partial charge in [0.25, 0.3) is 0 Å². The summed E-state index contributed by atoms with van der Waals surface area (Å²) in [5.41, 5.74) is 1.71. The Bertz CT molecular complexity index is 1290. The van der Waals surface area contributed by atoms with Crippen molar-refractivity contribution < 1.29 is 23.8 Å². The second kappa shape index (κ2) is 9.54. The molecular weight excluding hydrogens is 441 g/mol. The fourth-order valence-corrected chi connectivity index (χ4v) is 4.11. The number of carbonyl (C=O) groups is 2. The number of anilines is 1. The molecule has 3 aromatic rings. The SMILES string of the molecule is CCn1cc(C(=O)O)c(=O)c2cc(F)c(N3CCN(C(=O)OCc4ccc(C)cc4)CC3)cc21. The number of piperazine rings is 1. The number of pyridine rings is 1. The second-order valence-electron chi connectivity index (χ2n) is 8.30. The van der Waals surface area contributed by atoms with E-state index in [1.165, 1.54) is 6.20 Å². The molecule has 2 aromatic carbocycles. The first-order chi connectivity index (χ1) is 16.3. The van der Waals surface area contributed by atoms with Gasteiger partial charge in [-0.15, -0.1) is 0 Å². The minimum absolute atomic E-state index is 0.0290. The molecule has 1 aliphatic rings. The minimum atomic E-state index is -1.34. The molecule has 1 amide bonds. The lowest BCUT2D eigenvalue weighted by atomic mass is 10.1. The van der Waals surface area contributed by atoms with Crippen molar-refractivity contribution in [1.82, 2.24) is 9.47 Å². The molecule has 0 radical (unpaired) electrons. The van der Waals surface area contributed by atoms with Gasteiger partial charge in [0.15, 0.2) is 0 Å². The summed E-state index contributed by atoms with van der Waals surface area (Å²) in [6, 6.07) is 10.4. The number of fused-ring (bicyclic) bond motifs is 1. The highest BCUT2D eigenvalue weighted by Gasteiger charge is 2.25. The molecule has 0 atom stereocenters. The van der Waals surface area contributed by atoms with Gasteiger partial charge in [-0.25, -0.2) is 14.0 Å². The summed E-state index contributed by atoms with van der Waals surface area (Å²) >= 11 is 0. The maximum atomic E-state index is 15.0. The van der Waals surface area contributed by atoms with E-state index in [0.717, 1.165) is 17.2 Å². The highest BCUT2D eigenvalue weighted by molar-refractivity contribution is 5.93. The van der Waals surface area contributed by atoms with Crippen LogP contribution >= 0.6 is 0 Å². The van der Waals surface area contributed by atoms with E-state index in [1.807, 2.05) is 43.0 Å². The van der Waals surface area contributed by atoms with E-state index in [2.05, 4.69) is 0 Å². The number of aromatic carboxylic acids is 1. The standard InChI is InChI=1S/C25H26FN3O5/c1-3-27-14-19(24(31)32)23(30)18-12-20(26)22(13-21(18)27)28-8-10-29(11-9-28)25(33)34-15-17-6-4-16(2)5-7-17/h4-7,12-14H,3,8-11,15H2,1-2H3,(H,31,32). The van der Waals surface area contributed by atoms with Crippen LogP contribution in [0.25, 0.3) is 10.9 Å². The summed E-state index contributed by atoms with van der Waals surface area (Å²) in [6.45, 7) is 5.93. The molecule has 1 fully saturated rings. The first-order valence-corrected chi connectivity index (χ1v) is 11.1. The van der Waals surface area contributed by atoms with Gasteiger partial charge in [-0.2, -0.15) is 0 Å². The van der Waals surface area contributed by atoms with Crippen LogP contribution in [0.1, 0.15) is 28.4 Å². The molecule has 0 bridgehead atoms. The predicted molar refractivity (Wildman–Crippen MR) is 126 cm³/mol. The maximum Gasteiger partial charge on any atom is 0.410 e. The average Bonchev–Trinajstić information content (AvgIpc) is 2.83. The lowest BCUT2D eigenvalue weighted by molar-refractivity contribution is 0.0694. The van der Waals surface area contributed by atoms with Crippen molar-refractivity contribution in [3.8, 4) is 0 Å². The maximum absolute atomic E-state index is 15.0. The van der Waals surface area contributed by atoms with Gasteiger partial charge in [0.2, 0.25) is 5.43 Å². The largest absolute Gasteiger partial charge is 0.477 e. The van der Waals surface area contributed by atoms with Crippen molar-refractivity contribution in [2.45, 2.75) is 27.0 Å². The van der Waals surface area contributed by atoms with E-state index < -0.39 is 23.3 Å². The topological polar surface area (TPSA) is 92.1 Å². The summed E-state index contributed by atoms with van der Waals surface area (Å²) < 4.78 is 22.0. The quantitative estimate of drug-likeness (QED) is 0.616. The fraction of sp³-hybridized carbons (Fsp3) is 0.320. The average molecular weight is 467 g/mol. The van der Waals surface area contributed by atoms with Crippen LogP contribution in [-0.2, 0) is 17.9 Å². The van der Waals surface area contributed by atoms with E-state index in [0.29, 0.717) is 43.9 Å². The lowest BCUT2D eigenvalue weighted by Gasteiger charge is -2.35. The number of aromatic nitrogens is 1. The van der Waals surface area contributed by atoms with Crippen LogP contribution in [0, 0.1) is 12.7 Å². The van der Waals surface area contributed by atoms with Crippen LogP contribution < -0.4 is 10.3 Å². The number of rotatable bonds is 5. The van der Waals surface area contributed by atoms with Crippen molar-refractivity contribution in [1.29, 1.82) is 0 Å². The lowest BCUT2D eigenvalue weighted by Crippen LogP contribution is -2.49.